The second-order valence-corrected chi connectivity index (χ2v) is 4.19. The fraction of sp³-hybridized carbons (Fsp3) is 0.462. The second-order valence-electron chi connectivity index (χ2n) is 3.82. The van der Waals surface area contributed by atoms with Crippen molar-refractivity contribution in [3.63, 3.8) is 0 Å². The summed E-state index contributed by atoms with van der Waals surface area (Å²) in [6.45, 7) is 6.15. The maximum atomic E-state index is 11.3. The monoisotopic (exact) mass is 224 g/mol. The van der Waals surface area contributed by atoms with Gasteiger partial charge in [-0.05, 0) is 42.5 Å². The van der Waals surface area contributed by atoms with Gasteiger partial charge in [0.2, 0.25) is 5.24 Å². The van der Waals surface area contributed by atoms with Gasteiger partial charge in [0.25, 0.3) is 0 Å². The van der Waals surface area contributed by atoms with Crippen LogP contribution in [0.25, 0.3) is 0 Å². The molecule has 0 saturated carbocycles. The number of benzene rings is 1. The predicted molar refractivity (Wildman–Crippen MR) is 64.4 cm³/mol. The summed E-state index contributed by atoms with van der Waals surface area (Å²) in [6.07, 6.45) is 1.70. The highest BCUT2D eigenvalue weighted by Gasteiger charge is 2.18. The second kappa shape index (κ2) is 5.32. The first-order valence-corrected chi connectivity index (χ1v) is 5.76. The van der Waals surface area contributed by atoms with Crippen LogP contribution in [0.15, 0.2) is 18.2 Å². The molecule has 0 aliphatic rings. The first kappa shape index (κ1) is 12.3. The molecular formula is C13H17ClO. The lowest BCUT2D eigenvalue weighted by atomic mass is 9.91. The Bertz CT molecular complexity index is 358. The van der Waals surface area contributed by atoms with Crippen LogP contribution in [0.4, 0.5) is 0 Å². The van der Waals surface area contributed by atoms with E-state index in [0.717, 1.165) is 18.4 Å². The quantitative estimate of drug-likeness (QED) is 0.711. The van der Waals surface area contributed by atoms with Crippen LogP contribution < -0.4 is 0 Å². The summed E-state index contributed by atoms with van der Waals surface area (Å²) < 4.78 is 0. The van der Waals surface area contributed by atoms with E-state index in [2.05, 4.69) is 19.9 Å². The van der Waals surface area contributed by atoms with Gasteiger partial charge in [-0.2, -0.15) is 0 Å². The van der Waals surface area contributed by atoms with E-state index in [1.165, 1.54) is 11.1 Å². The van der Waals surface area contributed by atoms with Crippen LogP contribution in [0.5, 0.6) is 0 Å². The molecule has 0 bridgehead atoms. The SMILES string of the molecule is CCc1cc(C)ccc1C(CC)C(=O)Cl. The molecule has 1 unspecified atom stereocenters. The van der Waals surface area contributed by atoms with Gasteiger partial charge in [-0.3, -0.25) is 4.79 Å². The lowest BCUT2D eigenvalue weighted by Crippen LogP contribution is -2.08. The molecule has 0 aliphatic carbocycles. The van der Waals surface area contributed by atoms with Crippen molar-refractivity contribution in [1.29, 1.82) is 0 Å². The molecule has 1 atom stereocenters. The number of hydrogen-bond acceptors (Lipinski definition) is 1. The maximum Gasteiger partial charge on any atom is 0.229 e. The lowest BCUT2D eigenvalue weighted by Gasteiger charge is -2.15. The topological polar surface area (TPSA) is 17.1 Å². The highest BCUT2D eigenvalue weighted by atomic mass is 35.5. The van der Waals surface area contributed by atoms with Crippen molar-refractivity contribution in [2.75, 3.05) is 0 Å². The van der Waals surface area contributed by atoms with Gasteiger partial charge in [0.15, 0.2) is 0 Å². The Balaban J connectivity index is 3.16. The standard InChI is InChI=1S/C13H17ClO/c1-4-10-8-9(3)6-7-12(10)11(5-2)13(14)15/h6-8,11H,4-5H2,1-3H3. The summed E-state index contributed by atoms with van der Waals surface area (Å²) in [5.41, 5.74) is 3.55. The van der Waals surface area contributed by atoms with E-state index >= 15 is 0 Å². The molecule has 0 N–H and O–H groups in total. The summed E-state index contributed by atoms with van der Waals surface area (Å²) >= 11 is 5.61. The third kappa shape index (κ3) is 2.82. The van der Waals surface area contributed by atoms with Gasteiger partial charge >= 0.3 is 0 Å². The first-order valence-electron chi connectivity index (χ1n) is 5.38. The minimum Gasteiger partial charge on any atom is -0.281 e. The minimum atomic E-state index is -0.254. The molecule has 82 valence electrons. The maximum absolute atomic E-state index is 11.3. The largest absolute Gasteiger partial charge is 0.281 e. The van der Waals surface area contributed by atoms with Crippen molar-refractivity contribution in [2.24, 2.45) is 0 Å². The van der Waals surface area contributed by atoms with E-state index < -0.39 is 0 Å². The molecule has 2 heteroatoms. The third-order valence-electron chi connectivity index (χ3n) is 2.74. The van der Waals surface area contributed by atoms with Crippen molar-refractivity contribution >= 4 is 16.8 Å². The Kier molecular flexibility index (Phi) is 4.34. The number of hydrogen-bond donors (Lipinski definition) is 0. The van der Waals surface area contributed by atoms with Crippen molar-refractivity contribution in [3.8, 4) is 0 Å². The molecule has 1 aromatic rings. The highest BCUT2D eigenvalue weighted by Crippen LogP contribution is 2.26. The number of rotatable bonds is 4. The average molecular weight is 225 g/mol. The molecule has 1 aromatic carbocycles. The van der Waals surface area contributed by atoms with Crippen molar-refractivity contribution in [2.45, 2.75) is 39.5 Å². The van der Waals surface area contributed by atoms with Crippen LogP contribution in [0, 0.1) is 6.92 Å². The zero-order valence-electron chi connectivity index (χ0n) is 9.51. The van der Waals surface area contributed by atoms with Crippen LogP contribution in [0.2, 0.25) is 0 Å². The van der Waals surface area contributed by atoms with Gasteiger partial charge in [-0.1, -0.05) is 37.6 Å². The predicted octanol–water partition coefficient (Wildman–Crippen LogP) is 3.82. The van der Waals surface area contributed by atoms with Gasteiger partial charge in [-0.15, -0.1) is 0 Å². The Morgan fingerprint density at radius 3 is 2.53 bits per heavy atom. The molecule has 0 aliphatic heterocycles. The van der Waals surface area contributed by atoms with E-state index in [9.17, 15) is 4.79 Å². The first-order chi connectivity index (χ1) is 7.10. The fourth-order valence-corrected chi connectivity index (χ4v) is 2.16. The normalized spacial score (nSPS) is 12.5. The molecule has 0 fully saturated rings. The Morgan fingerprint density at radius 1 is 1.40 bits per heavy atom. The summed E-state index contributed by atoms with van der Waals surface area (Å²) in [5, 5.41) is -0.254. The van der Waals surface area contributed by atoms with E-state index in [4.69, 9.17) is 11.6 Å². The Hall–Kier alpha value is -0.820. The van der Waals surface area contributed by atoms with Crippen molar-refractivity contribution in [3.05, 3.63) is 34.9 Å². The van der Waals surface area contributed by atoms with Gasteiger partial charge in [0.1, 0.15) is 0 Å². The molecule has 1 nitrogen and oxygen atoms in total. The van der Waals surface area contributed by atoms with Crippen molar-refractivity contribution < 1.29 is 4.79 Å². The molecule has 0 radical (unpaired) electrons. The third-order valence-corrected chi connectivity index (χ3v) is 3.00. The number of aryl methyl sites for hydroxylation is 2. The molecule has 0 spiro atoms. The van der Waals surface area contributed by atoms with Crippen molar-refractivity contribution in [1.82, 2.24) is 0 Å². The van der Waals surface area contributed by atoms with Crippen LogP contribution >= 0.6 is 11.6 Å². The zero-order valence-corrected chi connectivity index (χ0v) is 10.3. The molecule has 15 heavy (non-hydrogen) atoms. The summed E-state index contributed by atoms with van der Waals surface area (Å²) in [6, 6.07) is 6.21. The average Bonchev–Trinajstić information content (AvgIpc) is 2.20. The molecule has 0 saturated heterocycles. The molecule has 0 aromatic heterocycles. The summed E-state index contributed by atoms with van der Waals surface area (Å²) in [5.74, 6) is -0.151. The fourth-order valence-electron chi connectivity index (χ4n) is 1.88. The van der Waals surface area contributed by atoms with E-state index in [1.54, 1.807) is 0 Å². The molecule has 0 heterocycles. The van der Waals surface area contributed by atoms with E-state index in [1.807, 2.05) is 19.1 Å². The summed E-state index contributed by atoms with van der Waals surface area (Å²) in [7, 11) is 0. The number of halogens is 1. The van der Waals surface area contributed by atoms with Crippen LogP contribution in [-0.4, -0.2) is 5.24 Å². The lowest BCUT2D eigenvalue weighted by molar-refractivity contribution is -0.113. The summed E-state index contributed by atoms with van der Waals surface area (Å²) in [4.78, 5) is 11.3. The van der Waals surface area contributed by atoms with E-state index in [-0.39, 0.29) is 11.2 Å². The van der Waals surface area contributed by atoms with Gasteiger partial charge in [0.05, 0.1) is 5.92 Å². The minimum absolute atomic E-state index is 0.151. The Morgan fingerprint density at radius 2 is 2.07 bits per heavy atom. The smallest absolute Gasteiger partial charge is 0.229 e. The molecule has 0 amide bonds. The van der Waals surface area contributed by atoms with E-state index in [0.29, 0.717) is 0 Å². The van der Waals surface area contributed by atoms with Crippen LogP contribution in [0.1, 0.15) is 42.9 Å². The van der Waals surface area contributed by atoms with Gasteiger partial charge in [-0.25, -0.2) is 0 Å². The highest BCUT2D eigenvalue weighted by molar-refractivity contribution is 6.64. The van der Waals surface area contributed by atoms with Crippen LogP contribution in [0.3, 0.4) is 0 Å². The molecule has 1 rings (SSSR count). The van der Waals surface area contributed by atoms with Gasteiger partial charge < -0.3 is 0 Å². The molecular weight excluding hydrogens is 208 g/mol. The van der Waals surface area contributed by atoms with Crippen LogP contribution in [-0.2, 0) is 11.2 Å². The number of carbonyl (C=O) groups is 1. The Labute approximate surface area is 96.5 Å². The zero-order chi connectivity index (χ0) is 11.4. The van der Waals surface area contributed by atoms with Gasteiger partial charge in [0, 0.05) is 0 Å². The number of carbonyl (C=O) groups excluding carboxylic acids is 1.